The average Bonchev–Trinajstić information content (AvgIpc) is 2.94. The van der Waals surface area contributed by atoms with Gasteiger partial charge in [0.2, 0.25) is 5.89 Å². The van der Waals surface area contributed by atoms with E-state index in [4.69, 9.17) is 4.42 Å². The number of rotatable bonds is 6. The van der Waals surface area contributed by atoms with Gasteiger partial charge in [-0.2, -0.15) is 0 Å². The molecule has 2 rings (SSSR count). The molecule has 0 saturated carbocycles. The molecule has 0 radical (unpaired) electrons. The fourth-order valence-corrected chi connectivity index (χ4v) is 1.68. The van der Waals surface area contributed by atoms with Crippen LogP contribution in [0, 0.1) is 5.82 Å². The highest BCUT2D eigenvalue weighted by atomic mass is 19.1. The molecule has 20 heavy (non-hydrogen) atoms. The van der Waals surface area contributed by atoms with Gasteiger partial charge < -0.3 is 9.73 Å². The maximum Gasteiger partial charge on any atom is 0.308 e. The number of amides is 1. The summed E-state index contributed by atoms with van der Waals surface area (Å²) >= 11 is 0. The Morgan fingerprint density at radius 2 is 2.00 bits per heavy atom. The minimum atomic E-state index is -0.387. The quantitative estimate of drug-likeness (QED) is 0.824. The molecule has 0 spiro atoms. The first-order valence-corrected chi connectivity index (χ1v) is 6.58. The van der Waals surface area contributed by atoms with Gasteiger partial charge in [-0.05, 0) is 30.7 Å². The molecule has 1 aromatic heterocycles. The number of carbonyl (C=O) groups excluding carboxylic acids is 1. The Balaban J connectivity index is 1.98. The van der Waals surface area contributed by atoms with Crippen LogP contribution in [0.15, 0.2) is 28.7 Å². The Bertz CT molecular complexity index is 566. The second-order valence-corrected chi connectivity index (χ2v) is 4.38. The van der Waals surface area contributed by atoms with Crippen LogP contribution < -0.4 is 5.32 Å². The van der Waals surface area contributed by atoms with Crippen molar-refractivity contribution >= 4 is 5.91 Å². The third-order valence-corrected chi connectivity index (χ3v) is 2.78. The second kappa shape index (κ2) is 6.79. The maximum atomic E-state index is 12.8. The molecule has 0 aliphatic rings. The van der Waals surface area contributed by atoms with Crippen LogP contribution in [0.5, 0.6) is 0 Å². The van der Waals surface area contributed by atoms with Crippen molar-refractivity contribution in [2.45, 2.75) is 26.2 Å². The summed E-state index contributed by atoms with van der Waals surface area (Å²) in [4.78, 5) is 11.7. The molecule has 0 fully saturated rings. The number of hydrogen-bond acceptors (Lipinski definition) is 4. The van der Waals surface area contributed by atoms with E-state index in [2.05, 4.69) is 22.4 Å². The number of aromatic nitrogens is 2. The van der Waals surface area contributed by atoms with Crippen LogP contribution in [0.3, 0.4) is 0 Å². The van der Waals surface area contributed by atoms with Crippen LogP contribution in [0.1, 0.15) is 36.9 Å². The highest BCUT2D eigenvalue weighted by Gasteiger charge is 2.15. The molecule has 0 atom stereocenters. The molecule has 1 heterocycles. The molecule has 1 amide bonds. The fraction of sp³-hybridized carbons (Fsp3) is 0.357. The highest BCUT2D eigenvalue weighted by molar-refractivity contribution is 5.89. The molecule has 0 saturated heterocycles. The Morgan fingerprint density at radius 1 is 1.25 bits per heavy atom. The minimum absolute atomic E-state index is 0.0826. The molecule has 106 valence electrons. The van der Waals surface area contributed by atoms with Gasteiger partial charge in [0.05, 0.1) is 0 Å². The molecule has 0 unspecified atom stereocenters. The van der Waals surface area contributed by atoms with Crippen LogP contribution in [0.4, 0.5) is 4.39 Å². The molecule has 5 nitrogen and oxygen atoms in total. The number of hydrogen-bond donors (Lipinski definition) is 1. The summed E-state index contributed by atoms with van der Waals surface area (Å²) in [6.45, 7) is 2.68. The van der Waals surface area contributed by atoms with Crippen molar-refractivity contribution in [3.8, 4) is 11.5 Å². The van der Waals surface area contributed by atoms with Gasteiger partial charge in [-0.3, -0.25) is 4.79 Å². The van der Waals surface area contributed by atoms with Crippen LogP contribution in [-0.2, 0) is 0 Å². The Labute approximate surface area is 116 Å². The minimum Gasteiger partial charge on any atom is -0.412 e. The lowest BCUT2D eigenvalue weighted by molar-refractivity contribution is 0.0919. The summed E-state index contributed by atoms with van der Waals surface area (Å²) in [7, 11) is 0. The van der Waals surface area contributed by atoms with E-state index in [-0.39, 0.29) is 23.5 Å². The van der Waals surface area contributed by atoms with Gasteiger partial charge in [0.15, 0.2) is 0 Å². The van der Waals surface area contributed by atoms with Gasteiger partial charge in [0.25, 0.3) is 0 Å². The molecule has 0 aliphatic carbocycles. The van der Waals surface area contributed by atoms with Crippen molar-refractivity contribution in [1.29, 1.82) is 0 Å². The van der Waals surface area contributed by atoms with Crippen LogP contribution in [0.2, 0.25) is 0 Å². The molecule has 1 N–H and O–H groups in total. The van der Waals surface area contributed by atoms with Gasteiger partial charge in [-0.15, -0.1) is 10.2 Å². The largest absolute Gasteiger partial charge is 0.412 e. The fourth-order valence-electron chi connectivity index (χ4n) is 1.68. The number of carbonyl (C=O) groups is 1. The number of unbranched alkanes of at least 4 members (excludes halogenated alkanes) is 2. The first kappa shape index (κ1) is 14.2. The summed E-state index contributed by atoms with van der Waals surface area (Å²) in [5.41, 5.74) is 0.573. The second-order valence-electron chi connectivity index (χ2n) is 4.38. The van der Waals surface area contributed by atoms with Crippen molar-refractivity contribution in [3.05, 3.63) is 36.0 Å². The first-order chi connectivity index (χ1) is 9.70. The van der Waals surface area contributed by atoms with E-state index in [1.807, 2.05) is 0 Å². The molecule has 1 aromatic carbocycles. The molecule has 0 bridgehead atoms. The molecular formula is C14H16FN3O2. The van der Waals surface area contributed by atoms with E-state index in [0.29, 0.717) is 12.1 Å². The summed E-state index contributed by atoms with van der Waals surface area (Å²) in [6, 6.07) is 5.63. The van der Waals surface area contributed by atoms with Crippen LogP contribution in [0.25, 0.3) is 11.5 Å². The summed E-state index contributed by atoms with van der Waals surface area (Å²) in [5.74, 6) is -0.617. The normalized spacial score (nSPS) is 10.5. The van der Waals surface area contributed by atoms with Gasteiger partial charge in [0.1, 0.15) is 5.82 Å². The Kier molecular flexibility index (Phi) is 4.81. The zero-order valence-electron chi connectivity index (χ0n) is 11.2. The lowest BCUT2D eigenvalue weighted by atomic mass is 10.2. The zero-order valence-corrected chi connectivity index (χ0v) is 11.2. The molecule has 0 aliphatic heterocycles. The van der Waals surface area contributed by atoms with Crippen molar-refractivity contribution in [3.63, 3.8) is 0 Å². The number of nitrogens with zero attached hydrogens (tertiary/aromatic N) is 2. The topological polar surface area (TPSA) is 68.0 Å². The molecule has 2 aromatic rings. The number of halogens is 1. The monoisotopic (exact) mass is 277 g/mol. The predicted octanol–water partition coefficient (Wildman–Crippen LogP) is 2.80. The van der Waals surface area contributed by atoms with Crippen LogP contribution >= 0.6 is 0 Å². The van der Waals surface area contributed by atoms with Gasteiger partial charge in [-0.25, -0.2) is 4.39 Å². The number of benzene rings is 1. The Morgan fingerprint density at radius 3 is 2.70 bits per heavy atom. The SMILES string of the molecule is CCCCCNC(=O)c1nnc(-c2ccc(F)cc2)o1. The van der Waals surface area contributed by atoms with E-state index in [9.17, 15) is 9.18 Å². The third kappa shape index (κ3) is 3.63. The van der Waals surface area contributed by atoms with Gasteiger partial charge in [-0.1, -0.05) is 19.8 Å². The van der Waals surface area contributed by atoms with Crippen molar-refractivity contribution in [1.82, 2.24) is 15.5 Å². The predicted molar refractivity (Wildman–Crippen MR) is 71.6 cm³/mol. The smallest absolute Gasteiger partial charge is 0.308 e. The summed E-state index contributed by atoms with van der Waals surface area (Å²) < 4.78 is 18.1. The van der Waals surface area contributed by atoms with Crippen molar-refractivity contribution in [2.24, 2.45) is 0 Å². The summed E-state index contributed by atoms with van der Waals surface area (Å²) in [5, 5.41) is 10.2. The van der Waals surface area contributed by atoms with Crippen molar-refractivity contribution < 1.29 is 13.6 Å². The number of nitrogens with one attached hydrogen (secondary N) is 1. The maximum absolute atomic E-state index is 12.8. The molecule has 6 heteroatoms. The lowest BCUT2D eigenvalue weighted by Crippen LogP contribution is -2.24. The zero-order chi connectivity index (χ0) is 14.4. The lowest BCUT2D eigenvalue weighted by Gasteiger charge is -2.00. The summed E-state index contributed by atoms with van der Waals surface area (Å²) in [6.07, 6.45) is 3.07. The van der Waals surface area contributed by atoms with E-state index < -0.39 is 0 Å². The first-order valence-electron chi connectivity index (χ1n) is 6.58. The van der Waals surface area contributed by atoms with Crippen molar-refractivity contribution in [2.75, 3.05) is 6.54 Å². The average molecular weight is 277 g/mol. The van der Waals surface area contributed by atoms with E-state index in [1.54, 1.807) is 0 Å². The van der Waals surface area contributed by atoms with Gasteiger partial charge >= 0.3 is 11.8 Å². The van der Waals surface area contributed by atoms with E-state index >= 15 is 0 Å². The van der Waals surface area contributed by atoms with Crippen LogP contribution in [-0.4, -0.2) is 22.6 Å². The Hall–Kier alpha value is -2.24. The highest BCUT2D eigenvalue weighted by Crippen LogP contribution is 2.17. The van der Waals surface area contributed by atoms with Gasteiger partial charge in [0, 0.05) is 12.1 Å². The third-order valence-electron chi connectivity index (χ3n) is 2.78. The molecular weight excluding hydrogens is 261 g/mol. The van der Waals surface area contributed by atoms with E-state index in [0.717, 1.165) is 19.3 Å². The van der Waals surface area contributed by atoms with E-state index in [1.165, 1.54) is 24.3 Å². The standard InChI is InChI=1S/C14H16FN3O2/c1-2-3-4-9-16-12(19)14-18-17-13(20-14)10-5-7-11(15)8-6-10/h5-8H,2-4,9H2,1H3,(H,16,19).